The first-order chi connectivity index (χ1) is 18.9. The van der Waals surface area contributed by atoms with Gasteiger partial charge in [-0.25, -0.2) is 19.3 Å². The zero-order valence-corrected chi connectivity index (χ0v) is 23.1. The van der Waals surface area contributed by atoms with Gasteiger partial charge in [-0.15, -0.1) is 12.8 Å². The largest absolute Gasteiger partial charge is 0.444 e. The Kier molecular flexibility index (Phi) is 7.87. The third kappa shape index (κ3) is 5.63. The summed E-state index contributed by atoms with van der Waals surface area (Å²) >= 11 is 0. The van der Waals surface area contributed by atoms with Crippen molar-refractivity contribution in [2.24, 2.45) is 4.36 Å². The number of rotatable bonds is 9. The van der Waals surface area contributed by atoms with Crippen LogP contribution in [-0.2, 0) is 45.5 Å². The van der Waals surface area contributed by atoms with Gasteiger partial charge in [-0.2, -0.15) is 15.6 Å². The summed E-state index contributed by atoms with van der Waals surface area (Å²) in [5.74, 6) is 1.06. The average molecular weight is 548 g/mol. The number of nitrogens with one attached hydrogen (secondary N) is 1. The molecule has 1 aliphatic heterocycles. The van der Waals surface area contributed by atoms with Gasteiger partial charge in [0.1, 0.15) is 11.2 Å². The van der Waals surface area contributed by atoms with Crippen LogP contribution < -0.4 is 10.9 Å². The Labute approximate surface area is 228 Å². The van der Waals surface area contributed by atoms with Crippen molar-refractivity contribution in [3.8, 4) is 5.82 Å². The second-order valence-electron chi connectivity index (χ2n) is 9.42. The Bertz CT molecular complexity index is 1690. The smallest absolute Gasteiger partial charge is 0.278 e. The van der Waals surface area contributed by atoms with Crippen LogP contribution in [0.3, 0.4) is 0 Å². The number of pyridine rings is 1. The second kappa shape index (κ2) is 11.5. The number of ether oxygens (including phenoxy) is 1. The van der Waals surface area contributed by atoms with E-state index in [9.17, 15) is 9.00 Å². The number of aromatic nitrogens is 5. The summed E-state index contributed by atoms with van der Waals surface area (Å²) in [5.41, 5.74) is 4.90. The van der Waals surface area contributed by atoms with E-state index in [4.69, 9.17) is 9.72 Å². The zero-order chi connectivity index (χ0) is 27.5. The number of anilines is 2. The summed E-state index contributed by atoms with van der Waals surface area (Å²) in [4.78, 5) is 29.3. The fourth-order valence-electron chi connectivity index (χ4n) is 4.89. The summed E-state index contributed by atoms with van der Waals surface area (Å²) in [6.45, 7) is 6.56. The van der Waals surface area contributed by atoms with Gasteiger partial charge in [0.15, 0.2) is 11.5 Å². The summed E-state index contributed by atoms with van der Waals surface area (Å²) in [6, 6.07) is 9.41. The molecule has 0 bridgehead atoms. The molecule has 4 aromatic rings. The number of likely N-dealkylation sites (N-methyl/N-ethyl adjacent to an activating group) is 1. The third-order valence-corrected chi connectivity index (χ3v) is 7.03. The van der Waals surface area contributed by atoms with Crippen molar-refractivity contribution in [2.45, 2.75) is 25.9 Å². The predicted octanol–water partition coefficient (Wildman–Crippen LogP) is 3.49. The van der Waals surface area contributed by atoms with E-state index in [1.165, 1.54) is 33.8 Å². The van der Waals surface area contributed by atoms with E-state index in [0.29, 0.717) is 35.2 Å². The molecule has 0 unspecified atom stereocenters. The predicted molar refractivity (Wildman–Crippen MR) is 153 cm³/mol. The van der Waals surface area contributed by atoms with Crippen molar-refractivity contribution >= 4 is 39.1 Å². The normalized spacial score (nSPS) is 14.4. The van der Waals surface area contributed by atoms with Crippen molar-refractivity contribution in [1.82, 2.24) is 29.2 Å². The van der Waals surface area contributed by atoms with Gasteiger partial charge in [-0.1, -0.05) is 12.1 Å². The Morgan fingerprint density at radius 1 is 1.28 bits per heavy atom. The molecule has 0 amide bonds. The minimum absolute atomic E-state index is 0.238. The zero-order valence-electron chi connectivity index (χ0n) is 22.3. The average Bonchev–Trinajstić information content (AvgIpc) is 3.17. The molecule has 204 valence electrons. The molecule has 0 atom stereocenters. The standard InChI is InChI=1S/C27H31N8O3S/c1-5-11-34-26(36)22-16-28-27(31-25(22)35(34)24-8-6-7-23(30-24)32-39(4)37)29-20-14-18(10-13-38-3)21-9-12-33(2)17-19(21)15-20/h5-8,14-16H,1,9-13,17H2,2-4H3,(H,28,29,31)/q-1. The van der Waals surface area contributed by atoms with Crippen LogP contribution in [0, 0.1) is 0 Å². The molecule has 5 rings (SSSR count). The van der Waals surface area contributed by atoms with Crippen molar-refractivity contribution < 1.29 is 8.95 Å². The number of hydrogen-bond acceptors (Lipinski definition) is 10. The van der Waals surface area contributed by atoms with E-state index in [1.54, 1.807) is 36.1 Å². The van der Waals surface area contributed by atoms with E-state index in [1.807, 2.05) is 0 Å². The quantitative estimate of drug-likeness (QED) is 0.250. The Hall–Kier alpha value is -3.87. The van der Waals surface area contributed by atoms with Crippen LogP contribution in [-0.4, -0.2) is 62.8 Å². The highest BCUT2D eigenvalue weighted by Gasteiger charge is 2.20. The van der Waals surface area contributed by atoms with E-state index in [-0.39, 0.29) is 12.1 Å². The molecule has 0 saturated carbocycles. The van der Waals surface area contributed by atoms with Crippen molar-refractivity contribution in [3.63, 3.8) is 0 Å². The second-order valence-corrected chi connectivity index (χ2v) is 10.4. The molecule has 4 heterocycles. The summed E-state index contributed by atoms with van der Waals surface area (Å²) in [5, 5.41) is 3.70. The third-order valence-electron chi connectivity index (χ3n) is 6.59. The van der Waals surface area contributed by atoms with Gasteiger partial charge in [-0.3, -0.25) is 4.79 Å². The van der Waals surface area contributed by atoms with E-state index in [0.717, 1.165) is 31.6 Å². The molecule has 12 heteroatoms. The summed E-state index contributed by atoms with van der Waals surface area (Å²) in [7, 11) is 2.41. The first kappa shape index (κ1) is 26.7. The number of fused-ring (bicyclic) bond motifs is 2. The highest BCUT2D eigenvalue weighted by Crippen LogP contribution is 2.28. The van der Waals surface area contributed by atoms with Crippen LogP contribution in [0.4, 0.5) is 17.5 Å². The molecular formula is C27H31N8O3S-. The van der Waals surface area contributed by atoms with Gasteiger partial charge in [-0.05, 0) is 60.8 Å². The van der Waals surface area contributed by atoms with E-state index < -0.39 is 10.6 Å². The maximum atomic E-state index is 13.3. The summed E-state index contributed by atoms with van der Waals surface area (Å²) < 4.78 is 24.1. The number of benzene rings is 1. The lowest BCUT2D eigenvalue weighted by molar-refractivity contribution is 0.202. The molecule has 0 fully saturated rings. The van der Waals surface area contributed by atoms with Gasteiger partial charge in [0.2, 0.25) is 5.95 Å². The fraction of sp³-hybridized carbons (Fsp3) is 0.333. The maximum Gasteiger partial charge on any atom is 0.278 e. The van der Waals surface area contributed by atoms with Gasteiger partial charge in [0.25, 0.3) is 5.56 Å². The molecule has 0 spiro atoms. The molecule has 0 saturated heterocycles. The van der Waals surface area contributed by atoms with Gasteiger partial charge < -0.3 is 23.5 Å². The monoisotopic (exact) mass is 547 g/mol. The minimum Gasteiger partial charge on any atom is -0.444 e. The van der Waals surface area contributed by atoms with Gasteiger partial charge >= 0.3 is 0 Å². The molecular weight excluding hydrogens is 516 g/mol. The van der Waals surface area contributed by atoms with Crippen molar-refractivity contribution in [2.75, 3.05) is 38.9 Å². The molecule has 39 heavy (non-hydrogen) atoms. The number of allylic oxidation sites excluding steroid dienone is 1. The maximum absolute atomic E-state index is 13.3. The van der Waals surface area contributed by atoms with E-state index >= 15 is 0 Å². The topological polar surface area (TPSA) is 120 Å². The van der Waals surface area contributed by atoms with Crippen LogP contribution in [0.5, 0.6) is 0 Å². The first-order valence-corrected chi connectivity index (χ1v) is 14.1. The van der Waals surface area contributed by atoms with Crippen molar-refractivity contribution in [3.05, 3.63) is 76.2 Å². The molecule has 3 aromatic heterocycles. The van der Waals surface area contributed by atoms with Crippen LogP contribution in [0.15, 0.2) is 58.3 Å². The lowest BCUT2D eigenvalue weighted by atomic mass is 9.92. The number of methoxy groups -OCH3 is 1. The number of hydrogen-bond donors (Lipinski definition) is 1. The molecule has 0 aliphatic carbocycles. The molecule has 1 N–H and O–H groups in total. The lowest BCUT2D eigenvalue weighted by Gasteiger charge is -2.28. The minimum atomic E-state index is -1.42. The highest BCUT2D eigenvalue weighted by molar-refractivity contribution is 7.74. The Morgan fingerprint density at radius 2 is 2.13 bits per heavy atom. The van der Waals surface area contributed by atoms with Gasteiger partial charge in [0.05, 0.1) is 13.2 Å². The van der Waals surface area contributed by atoms with Gasteiger partial charge in [0, 0.05) is 32.1 Å². The molecule has 11 nitrogen and oxygen atoms in total. The SMILES string of the molecule is C=CCn1c(=O)c2cnc(Nc3cc(CCOC)c4c(c3)CN(C)CC4)nc2n1-c1cccc(N=[S-](C)=O)n1. The molecule has 0 radical (unpaired) electrons. The van der Waals surface area contributed by atoms with Crippen LogP contribution in [0.25, 0.3) is 16.9 Å². The van der Waals surface area contributed by atoms with Crippen LogP contribution in [0.1, 0.15) is 16.7 Å². The fourth-order valence-corrected chi connectivity index (χ4v) is 5.25. The van der Waals surface area contributed by atoms with E-state index in [2.05, 4.69) is 50.3 Å². The van der Waals surface area contributed by atoms with Crippen molar-refractivity contribution in [1.29, 1.82) is 0 Å². The van der Waals surface area contributed by atoms with Crippen LogP contribution >= 0.6 is 0 Å². The highest BCUT2D eigenvalue weighted by atomic mass is 32.2. The molecule has 1 aliphatic rings. The molecule has 1 aromatic carbocycles. The number of nitrogens with zero attached hydrogens (tertiary/aromatic N) is 7. The van der Waals surface area contributed by atoms with Crippen LogP contribution in [0.2, 0.25) is 0 Å². The Morgan fingerprint density at radius 3 is 2.90 bits per heavy atom. The summed E-state index contributed by atoms with van der Waals surface area (Å²) in [6.07, 6.45) is 6.44. The lowest BCUT2D eigenvalue weighted by Crippen LogP contribution is -2.27. The first-order valence-electron chi connectivity index (χ1n) is 12.6. The Balaban J connectivity index is 1.60.